The molecule has 1 aromatic heterocycles. The summed E-state index contributed by atoms with van der Waals surface area (Å²) in [7, 11) is 0. The summed E-state index contributed by atoms with van der Waals surface area (Å²) in [5.74, 6) is -5.26. The third-order valence-corrected chi connectivity index (χ3v) is 3.50. The van der Waals surface area contributed by atoms with Gasteiger partial charge in [0.1, 0.15) is 0 Å². The van der Waals surface area contributed by atoms with Crippen LogP contribution in [0.5, 0.6) is 0 Å². The Hall–Kier alpha value is -2.87. The Morgan fingerprint density at radius 2 is 1.80 bits per heavy atom. The summed E-state index contributed by atoms with van der Waals surface area (Å²) in [6.45, 7) is -0.210. The van der Waals surface area contributed by atoms with Crippen molar-refractivity contribution in [2.45, 2.75) is 6.54 Å². The van der Waals surface area contributed by atoms with E-state index >= 15 is 0 Å². The minimum Gasteiger partial charge on any atom is -0.343 e. The molecule has 0 radical (unpaired) electrons. The fourth-order valence-corrected chi connectivity index (χ4v) is 2.12. The minimum absolute atomic E-state index is 0.0568. The maximum absolute atomic E-state index is 13.6. The number of nitrogens with one attached hydrogen (secondary N) is 1. The molecular weight excluding hydrogens is 359 g/mol. The molecule has 0 aliphatic heterocycles. The molecule has 1 amide bonds. The van der Waals surface area contributed by atoms with Crippen molar-refractivity contribution in [3.63, 3.8) is 0 Å². The molecule has 2 aromatic carbocycles. The number of hydrogen-bond acceptors (Lipinski definition) is 4. The van der Waals surface area contributed by atoms with Crippen LogP contribution in [0.2, 0.25) is 5.02 Å². The van der Waals surface area contributed by atoms with Crippen molar-refractivity contribution in [3.05, 3.63) is 70.3 Å². The molecule has 0 saturated carbocycles. The number of benzene rings is 2. The van der Waals surface area contributed by atoms with Crippen LogP contribution >= 0.6 is 11.6 Å². The van der Waals surface area contributed by atoms with Crippen LogP contribution in [0.25, 0.3) is 11.4 Å². The normalized spacial score (nSPS) is 10.7. The summed E-state index contributed by atoms with van der Waals surface area (Å²) in [6.07, 6.45) is 0. The largest absolute Gasteiger partial charge is 0.343 e. The molecule has 1 N–H and O–H groups in total. The smallest absolute Gasteiger partial charge is 0.254 e. The molecule has 3 aromatic rings. The average molecular weight is 368 g/mol. The summed E-state index contributed by atoms with van der Waals surface area (Å²) < 4.78 is 44.6. The highest BCUT2D eigenvalue weighted by Gasteiger charge is 2.19. The molecule has 128 valence electrons. The number of rotatable bonds is 4. The number of carbonyl (C=O) groups excluding carboxylic acids is 1. The lowest BCUT2D eigenvalue weighted by Crippen LogP contribution is -2.24. The van der Waals surface area contributed by atoms with Crippen LogP contribution in [0.3, 0.4) is 0 Å². The Morgan fingerprint density at radius 3 is 2.52 bits per heavy atom. The van der Waals surface area contributed by atoms with Gasteiger partial charge in [-0.2, -0.15) is 4.98 Å². The van der Waals surface area contributed by atoms with Crippen LogP contribution in [0.1, 0.15) is 16.2 Å². The topological polar surface area (TPSA) is 68.0 Å². The van der Waals surface area contributed by atoms with Gasteiger partial charge < -0.3 is 9.84 Å². The first-order valence-electron chi connectivity index (χ1n) is 6.96. The van der Waals surface area contributed by atoms with Crippen LogP contribution < -0.4 is 5.32 Å². The van der Waals surface area contributed by atoms with Crippen molar-refractivity contribution < 1.29 is 22.5 Å². The minimum atomic E-state index is -1.71. The number of nitrogens with zero attached hydrogens (tertiary/aromatic N) is 2. The Morgan fingerprint density at radius 1 is 1.08 bits per heavy atom. The molecule has 0 fully saturated rings. The van der Waals surface area contributed by atoms with Crippen molar-refractivity contribution in [2.24, 2.45) is 0 Å². The van der Waals surface area contributed by atoms with Gasteiger partial charge in [-0.05, 0) is 36.4 Å². The van der Waals surface area contributed by atoms with Crippen molar-refractivity contribution in [2.75, 3.05) is 0 Å². The van der Waals surface area contributed by atoms with Crippen molar-refractivity contribution in [1.82, 2.24) is 15.5 Å². The van der Waals surface area contributed by atoms with Gasteiger partial charge in [0, 0.05) is 10.6 Å². The molecule has 0 saturated heterocycles. The predicted octanol–water partition coefficient (Wildman–Crippen LogP) is 3.74. The molecule has 9 heteroatoms. The third kappa shape index (κ3) is 3.63. The van der Waals surface area contributed by atoms with E-state index in [1.54, 1.807) is 24.3 Å². The average Bonchev–Trinajstić information content (AvgIpc) is 3.07. The van der Waals surface area contributed by atoms with Gasteiger partial charge in [-0.25, -0.2) is 13.2 Å². The standard InChI is InChI=1S/C16H9ClF3N3O2/c17-9-3-1-8(2-4-9)15-22-12(25-23-15)7-21-16(24)10-5-6-11(18)14(20)13(10)19/h1-6H,7H2,(H,21,24). The van der Waals surface area contributed by atoms with E-state index < -0.39 is 28.9 Å². The van der Waals surface area contributed by atoms with E-state index in [-0.39, 0.29) is 18.3 Å². The lowest BCUT2D eigenvalue weighted by molar-refractivity contribution is 0.0941. The van der Waals surface area contributed by atoms with E-state index in [0.717, 1.165) is 6.07 Å². The van der Waals surface area contributed by atoms with Gasteiger partial charge in [-0.3, -0.25) is 4.79 Å². The van der Waals surface area contributed by atoms with Crippen LogP contribution in [-0.4, -0.2) is 16.0 Å². The van der Waals surface area contributed by atoms with Crippen molar-refractivity contribution in [3.8, 4) is 11.4 Å². The zero-order chi connectivity index (χ0) is 18.0. The summed E-state index contributed by atoms with van der Waals surface area (Å²) in [4.78, 5) is 15.9. The molecule has 0 aliphatic rings. The van der Waals surface area contributed by atoms with Gasteiger partial charge >= 0.3 is 0 Å². The fraction of sp³-hybridized carbons (Fsp3) is 0.0625. The van der Waals surface area contributed by atoms with Crippen molar-refractivity contribution >= 4 is 17.5 Å². The van der Waals surface area contributed by atoms with Crippen molar-refractivity contribution in [1.29, 1.82) is 0 Å². The molecule has 0 atom stereocenters. The maximum atomic E-state index is 13.6. The Labute approximate surface area is 144 Å². The third-order valence-electron chi connectivity index (χ3n) is 3.25. The van der Waals surface area contributed by atoms with Gasteiger partial charge in [-0.15, -0.1) is 0 Å². The Kier molecular flexibility index (Phi) is 4.71. The monoisotopic (exact) mass is 367 g/mol. The first-order chi connectivity index (χ1) is 12.0. The van der Waals surface area contributed by atoms with Crippen LogP contribution in [-0.2, 0) is 6.54 Å². The number of halogens is 4. The SMILES string of the molecule is O=C(NCc1nc(-c2ccc(Cl)cc2)no1)c1ccc(F)c(F)c1F. The van der Waals surface area contributed by atoms with E-state index in [4.69, 9.17) is 16.1 Å². The lowest BCUT2D eigenvalue weighted by atomic mass is 10.2. The second kappa shape index (κ2) is 6.94. The Balaban J connectivity index is 1.69. The molecule has 0 aliphatic carbocycles. The number of amides is 1. The molecular formula is C16H9ClF3N3O2. The van der Waals surface area contributed by atoms with Crippen LogP contribution in [0, 0.1) is 17.5 Å². The van der Waals surface area contributed by atoms with E-state index in [0.29, 0.717) is 16.7 Å². The molecule has 0 spiro atoms. The highest BCUT2D eigenvalue weighted by atomic mass is 35.5. The highest BCUT2D eigenvalue weighted by molar-refractivity contribution is 6.30. The van der Waals surface area contributed by atoms with Gasteiger partial charge in [0.15, 0.2) is 17.5 Å². The van der Waals surface area contributed by atoms with E-state index in [2.05, 4.69) is 15.5 Å². The summed E-state index contributed by atoms with van der Waals surface area (Å²) in [5.41, 5.74) is 0.0220. The zero-order valence-corrected chi connectivity index (χ0v) is 13.1. The van der Waals surface area contributed by atoms with E-state index in [1.807, 2.05) is 0 Å². The summed E-state index contributed by atoms with van der Waals surface area (Å²) in [5, 5.41) is 6.59. The Bertz CT molecular complexity index is 929. The second-order valence-corrected chi connectivity index (χ2v) is 5.36. The molecule has 0 bridgehead atoms. The van der Waals surface area contributed by atoms with Gasteiger partial charge in [0.05, 0.1) is 12.1 Å². The van der Waals surface area contributed by atoms with Gasteiger partial charge in [0.25, 0.3) is 5.91 Å². The van der Waals surface area contributed by atoms with Crippen LogP contribution in [0.4, 0.5) is 13.2 Å². The van der Waals surface area contributed by atoms with Crippen LogP contribution in [0.15, 0.2) is 40.9 Å². The first kappa shape index (κ1) is 17.0. The number of hydrogen-bond donors (Lipinski definition) is 1. The van der Waals surface area contributed by atoms with E-state index in [1.165, 1.54) is 0 Å². The maximum Gasteiger partial charge on any atom is 0.254 e. The number of carbonyl (C=O) groups is 1. The highest BCUT2D eigenvalue weighted by Crippen LogP contribution is 2.19. The number of aromatic nitrogens is 2. The molecule has 0 unspecified atom stereocenters. The zero-order valence-electron chi connectivity index (χ0n) is 12.4. The van der Waals surface area contributed by atoms with Gasteiger partial charge in [0.2, 0.25) is 11.7 Å². The predicted molar refractivity (Wildman–Crippen MR) is 82.2 cm³/mol. The fourth-order valence-electron chi connectivity index (χ4n) is 2.00. The lowest BCUT2D eigenvalue weighted by Gasteiger charge is -2.04. The molecule has 3 rings (SSSR count). The van der Waals surface area contributed by atoms with E-state index in [9.17, 15) is 18.0 Å². The molecule has 25 heavy (non-hydrogen) atoms. The first-order valence-corrected chi connectivity index (χ1v) is 7.33. The second-order valence-electron chi connectivity index (χ2n) is 4.92. The summed E-state index contributed by atoms with van der Waals surface area (Å²) >= 11 is 5.79. The van der Waals surface area contributed by atoms with Gasteiger partial charge in [-0.1, -0.05) is 16.8 Å². The summed E-state index contributed by atoms with van der Waals surface area (Å²) in [6, 6.07) is 8.19. The quantitative estimate of drug-likeness (QED) is 0.713. The molecule has 5 nitrogen and oxygen atoms in total. The molecule has 1 heterocycles.